The molecule has 0 aliphatic heterocycles. The van der Waals surface area contributed by atoms with Crippen LogP contribution in [0.5, 0.6) is 0 Å². The average Bonchev–Trinajstić information content (AvgIpc) is 2.78. The van der Waals surface area contributed by atoms with Gasteiger partial charge in [-0.05, 0) is 30.7 Å². The van der Waals surface area contributed by atoms with Gasteiger partial charge in [0.15, 0.2) is 0 Å². The van der Waals surface area contributed by atoms with Crippen molar-refractivity contribution < 1.29 is 4.39 Å². The van der Waals surface area contributed by atoms with Gasteiger partial charge in [0.25, 0.3) is 0 Å². The van der Waals surface area contributed by atoms with E-state index in [9.17, 15) is 4.39 Å². The summed E-state index contributed by atoms with van der Waals surface area (Å²) in [6, 6.07) is 6.64. The Morgan fingerprint density at radius 1 is 1.44 bits per heavy atom. The first-order chi connectivity index (χ1) is 7.79. The SMILES string of the molecule is NCC(Cc1cncs1)c1cccc(F)c1. The second kappa shape index (κ2) is 5.18. The smallest absolute Gasteiger partial charge is 0.123 e. The molecular formula is C12H13FN2S. The predicted octanol–water partition coefficient (Wildman–Crippen LogP) is 2.57. The van der Waals surface area contributed by atoms with Crippen LogP contribution in [0.2, 0.25) is 0 Å². The second-order valence-electron chi connectivity index (χ2n) is 3.66. The van der Waals surface area contributed by atoms with E-state index in [-0.39, 0.29) is 11.7 Å². The molecule has 2 nitrogen and oxygen atoms in total. The Balaban J connectivity index is 2.16. The molecule has 84 valence electrons. The molecule has 0 radical (unpaired) electrons. The van der Waals surface area contributed by atoms with Gasteiger partial charge >= 0.3 is 0 Å². The van der Waals surface area contributed by atoms with Gasteiger partial charge in [-0.15, -0.1) is 11.3 Å². The number of thiazole rings is 1. The Hall–Kier alpha value is -1.26. The van der Waals surface area contributed by atoms with Crippen molar-refractivity contribution in [1.82, 2.24) is 4.98 Å². The van der Waals surface area contributed by atoms with E-state index in [0.717, 1.165) is 12.0 Å². The number of benzene rings is 1. The summed E-state index contributed by atoms with van der Waals surface area (Å²) < 4.78 is 13.1. The summed E-state index contributed by atoms with van der Waals surface area (Å²) in [5, 5.41) is 0. The zero-order valence-corrected chi connectivity index (χ0v) is 9.58. The first kappa shape index (κ1) is 11.2. The number of rotatable bonds is 4. The van der Waals surface area contributed by atoms with Crippen LogP contribution in [0.1, 0.15) is 16.4 Å². The number of aromatic nitrogens is 1. The zero-order chi connectivity index (χ0) is 11.4. The Kier molecular flexibility index (Phi) is 3.64. The average molecular weight is 236 g/mol. The van der Waals surface area contributed by atoms with Crippen molar-refractivity contribution in [3.8, 4) is 0 Å². The van der Waals surface area contributed by atoms with E-state index in [2.05, 4.69) is 4.98 Å². The number of hydrogen-bond acceptors (Lipinski definition) is 3. The molecule has 2 rings (SSSR count). The van der Waals surface area contributed by atoms with Crippen molar-refractivity contribution in [3.05, 3.63) is 52.2 Å². The first-order valence-corrected chi connectivity index (χ1v) is 6.00. The molecule has 0 fully saturated rings. The maximum Gasteiger partial charge on any atom is 0.123 e. The Morgan fingerprint density at radius 3 is 2.94 bits per heavy atom. The van der Waals surface area contributed by atoms with E-state index >= 15 is 0 Å². The molecule has 4 heteroatoms. The molecule has 1 heterocycles. The second-order valence-corrected chi connectivity index (χ2v) is 4.63. The van der Waals surface area contributed by atoms with Crippen molar-refractivity contribution >= 4 is 11.3 Å². The van der Waals surface area contributed by atoms with E-state index in [1.807, 2.05) is 12.3 Å². The highest BCUT2D eigenvalue weighted by atomic mass is 32.1. The van der Waals surface area contributed by atoms with E-state index < -0.39 is 0 Å². The topological polar surface area (TPSA) is 38.9 Å². The molecular weight excluding hydrogens is 223 g/mol. The van der Waals surface area contributed by atoms with Crippen LogP contribution >= 0.6 is 11.3 Å². The predicted molar refractivity (Wildman–Crippen MR) is 64.0 cm³/mol. The van der Waals surface area contributed by atoms with Gasteiger partial charge in [-0.3, -0.25) is 4.98 Å². The number of nitrogens with zero attached hydrogens (tertiary/aromatic N) is 1. The van der Waals surface area contributed by atoms with E-state index in [4.69, 9.17) is 5.73 Å². The minimum absolute atomic E-state index is 0.163. The molecule has 1 aromatic heterocycles. The fraction of sp³-hybridized carbons (Fsp3) is 0.250. The van der Waals surface area contributed by atoms with E-state index in [1.165, 1.54) is 10.9 Å². The maximum atomic E-state index is 13.1. The minimum Gasteiger partial charge on any atom is -0.330 e. The molecule has 0 aliphatic rings. The molecule has 0 amide bonds. The summed E-state index contributed by atoms with van der Waals surface area (Å²) in [6.45, 7) is 0.515. The lowest BCUT2D eigenvalue weighted by Gasteiger charge is -2.13. The van der Waals surface area contributed by atoms with Gasteiger partial charge in [0, 0.05) is 17.0 Å². The summed E-state index contributed by atoms with van der Waals surface area (Å²) >= 11 is 1.61. The molecule has 0 aliphatic carbocycles. The fourth-order valence-electron chi connectivity index (χ4n) is 1.68. The van der Waals surface area contributed by atoms with Crippen molar-refractivity contribution in [2.75, 3.05) is 6.54 Å². The molecule has 0 bridgehead atoms. The van der Waals surface area contributed by atoms with Gasteiger partial charge in [0.1, 0.15) is 5.82 Å². The van der Waals surface area contributed by atoms with Crippen LogP contribution < -0.4 is 5.73 Å². The number of nitrogens with two attached hydrogens (primary N) is 1. The molecule has 2 N–H and O–H groups in total. The molecule has 0 saturated carbocycles. The minimum atomic E-state index is -0.208. The summed E-state index contributed by atoms with van der Waals surface area (Å²) in [4.78, 5) is 5.20. The van der Waals surface area contributed by atoms with Gasteiger partial charge < -0.3 is 5.73 Å². The molecule has 1 atom stereocenters. The number of hydrogen-bond donors (Lipinski definition) is 1. The summed E-state index contributed by atoms with van der Waals surface area (Å²) in [5.74, 6) is -0.0450. The van der Waals surface area contributed by atoms with Gasteiger partial charge in [0.2, 0.25) is 0 Å². The van der Waals surface area contributed by atoms with Gasteiger partial charge in [-0.2, -0.15) is 0 Å². The Labute approximate surface area is 97.9 Å². The van der Waals surface area contributed by atoms with Crippen LogP contribution in [0.3, 0.4) is 0 Å². The summed E-state index contributed by atoms with van der Waals surface area (Å²) in [6.07, 6.45) is 2.66. The third-order valence-corrected chi connectivity index (χ3v) is 3.34. The van der Waals surface area contributed by atoms with Crippen molar-refractivity contribution in [1.29, 1.82) is 0 Å². The monoisotopic (exact) mass is 236 g/mol. The molecule has 16 heavy (non-hydrogen) atoms. The third kappa shape index (κ3) is 2.65. The van der Waals surface area contributed by atoms with E-state index in [0.29, 0.717) is 6.54 Å². The van der Waals surface area contributed by atoms with Crippen LogP contribution in [-0.2, 0) is 6.42 Å². The highest BCUT2D eigenvalue weighted by molar-refractivity contribution is 7.09. The van der Waals surface area contributed by atoms with E-state index in [1.54, 1.807) is 29.0 Å². The lowest BCUT2D eigenvalue weighted by atomic mass is 9.95. The maximum absolute atomic E-state index is 13.1. The van der Waals surface area contributed by atoms with Crippen LogP contribution in [0.15, 0.2) is 36.0 Å². The number of halogens is 1. The zero-order valence-electron chi connectivity index (χ0n) is 8.77. The standard InChI is InChI=1S/C12H13FN2S/c13-11-3-1-2-9(4-11)10(6-14)5-12-7-15-8-16-12/h1-4,7-8,10H,5-6,14H2. The largest absolute Gasteiger partial charge is 0.330 e. The van der Waals surface area contributed by atoms with Crippen molar-refractivity contribution in [2.45, 2.75) is 12.3 Å². The molecule has 2 aromatic rings. The first-order valence-electron chi connectivity index (χ1n) is 5.12. The molecule has 0 spiro atoms. The highest BCUT2D eigenvalue weighted by Gasteiger charge is 2.12. The summed E-state index contributed by atoms with van der Waals surface area (Å²) in [7, 11) is 0. The van der Waals surface area contributed by atoms with Crippen LogP contribution in [-0.4, -0.2) is 11.5 Å². The van der Waals surface area contributed by atoms with Gasteiger partial charge in [-0.1, -0.05) is 12.1 Å². The van der Waals surface area contributed by atoms with Crippen LogP contribution in [0.25, 0.3) is 0 Å². The lowest BCUT2D eigenvalue weighted by molar-refractivity contribution is 0.617. The van der Waals surface area contributed by atoms with Crippen molar-refractivity contribution in [3.63, 3.8) is 0 Å². The van der Waals surface area contributed by atoms with Crippen molar-refractivity contribution in [2.24, 2.45) is 5.73 Å². The van der Waals surface area contributed by atoms with Gasteiger partial charge in [0.05, 0.1) is 5.51 Å². The molecule has 0 saturated heterocycles. The molecule has 1 unspecified atom stereocenters. The Morgan fingerprint density at radius 2 is 2.31 bits per heavy atom. The summed E-state index contributed by atoms with van der Waals surface area (Å²) in [5.41, 5.74) is 8.49. The quantitative estimate of drug-likeness (QED) is 0.886. The lowest BCUT2D eigenvalue weighted by Crippen LogP contribution is -2.14. The molecule has 1 aromatic carbocycles. The van der Waals surface area contributed by atoms with Crippen LogP contribution in [0.4, 0.5) is 4.39 Å². The Bertz CT molecular complexity index is 442. The third-order valence-electron chi connectivity index (χ3n) is 2.54. The normalized spacial score (nSPS) is 12.6. The highest BCUT2D eigenvalue weighted by Crippen LogP contribution is 2.22. The van der Waals surface area contributed by atoms with Gasteiger partial charge in [-0.25, -0.2) is 4.39 Å². The van der Waals surface area contributed by atoms with Crippen LogP contribution in [0, 0.1) is 5.82 Å². The fourth-order valence-corrected chi connectivity index (χ4v) is 2.36.